The first-order valence-electron chi connectivity index (χ1n) is 8.78. The normalized spacial score (nSPS) is 19.8. The van der Waals surface area contributed by atoms with Crippen LogP contribution in [0, 0.1) is 0 Å². The van der Waals surface area contributed by atoms with E-state index in [9.17, 15) is 0 Å². The Morgan fingerprint density at radius 3 is 2.92 bits per heavy atom. The van der Waals surface area contributed by atoms with Crippen LogP contribution in [0.25, 0.3) is 11.4 Å². The fraction of sp³-hybridized carbons (Fsp3) is 0.444. The minimum atomic E-state index is 0.0822. The lowest BCUT2D eigenvalue weighted by molar-refractivity contribution is 0.0719. The van der Waals surface area contributed by atoms with Crippen LogP contribution in [0.5, 0.6) is 0 Å². The summed E-state index contributed by atoms with van der Waals surface area (Å²) >= 11 is 0. The van der Waals surface area contributed by atoms with E-state index in [0.29, 0.717) is 17.8 Å². The van der Waals surface area contributed by atoms with Crippen LogP contribution < -0.4 is 0 Å². The smallest absolute Gasteiger partial charge is 0.244 e. The average Bonchev–Trinajstić information content (AvgIpc) is 3.34. The maximum absolute atomic E-state index is 5.58. The molecule has 0 N–H and O–H groups in total. The number of nitrogens with zero attached hydrogens (tertiary/aromatic N) is 6. The third-order valence-electron chi connectivity index (χ3n) is 4.87. The van der Waals surface area contributed by atoms with Gasteiger partial charge in [-0.15, -0.1) is 0 Å². The topological polar surface area (TPSA) is 72.9 Å². The summed E-state index contributed by atoms with van der Waals surface area (Å²) in [6.07, 6.45) is 6.93. The van der Waals surface area contributed by atoms with Crippen LogP contribution in [0.1, 0.15) is 38.1 Å². The molecule has 0 spiro atoms. The Hall–Kier alpha value is -2.54. The number of aromatic nitrogens is 5. The van der Waals surface area contributed by atoms with E-state index in [1.54, 1.807) is 12.7 Å². The number of hydrogen-bond acceptors (Lipinski definition) is 6. The maximum atomic E-state index is 5.58. The molecule has 0 saturated carbocycles. The van der Waals surface area contributed by atoms with Gasteiger partial charge in [0.15, 0.2) is 0 Å². The Bertz CT molecular complexity index is 785. The van der Waals surface area contributed by atoms with Crippen molar-refractivity contribution in [1.29, 1.82) is 0 Å². The summed E-state index contributed by atoms with van der Waals surface area (Å²) in [6, 6.07) is 10.4. The molecule has 1 aromatic carbocycles. The summed E-state index contributed by atoms with van der Waals surface area (Å²) in [5.41, 5.74) is 0.975. The van der Waals surface area contributed by atoms with Crippen LogP contribution in [-0.4, -0.2) is 42.4 Å². The molecule has 2 atom stereocenters. The van der Waals surface area contributed by atoms with Gasteiger partial charge in [0.2, 0.25) is 11.7 Å². The molecule has 7 heteroatoms. The number of rotatable bonds is 5. The Morgan fingerprint density at radius 2 is 2.12 bits per heavy atom. The van der Waals surface area contributed by atoms with Crippen LogP contribution in [0.3, 0.4) is 0 Å². The molecule has 130 valence electrons. The quantitative estimate of drug-likeness (QED) is 0.712. The van der Waals surface area contributed by atoms with E-state index in [-0.39, 0.29) is 6.04 Å². The summed E-state index contributed by atoms with van der Waals surface area (Å²) in [4.78, 5) is 11.1. The van der Waals surface area contributed by atoms with Crippen molar-refractivity contribution in [2.75, 3.05) is 6.54 Å². The summed E-state index contributed by atoms with van der Waals surface area (Å²) < 4.78 is 7.48. The van der Waals surface area contributed by atoms with E-state index in [1.165, 1.54) is 12.8 Å². The van der Waals surface area contributed by atoms with E-state index < -0.39 is 0 Å². The predicted octanol–water partition coefficient (Wildman–Crippen LogP) is 2.94. The first kappa shape index (κ1) is 16.0. The van der Waals surface area contributed by atoms with Crippen molar-refractivity contribution in [2.45, 2.75) is 44.8 Å². The summed E-state index contributed by atoms with van der Waals surface area (Å²) in [7, 11) is 0. The summed E-state index contributed by atoms with van der Waals surface area (Å²) in [6.45, 7) is 4.01. The monoisotopic (exact) mass is 338 g/mol. The molecular weight excluding hydrogens is 316 g/mol. The van der Waals surface area contributed by atoms with Crippen molar-refractivity contribution in [3.63, 3.8) is 0 Å². The highest BCUT2D eigenvalue weighted by atomic mass is 16.5. The number of benzene rings is 1. The Morgan fingerprint density at radius 1 is 1.24 bits per heavy atom. The highest BCUT2D eigenvalue weighted by molar-refractivity contribution is 5.53. The van der Waals surface area contributed by atoms with Crippen LogP contribution in [0.4, 0.5) is 0 Å². The number of piperidine rings is 1. The third kappa shape index (κ3) is 3.46. The number of likely N-dealkylation sites (tertiary alicyclic amines) is 1. The van der Waals surface area contributed by atoms with Crippen molar-refractivity contribution < 1.29 is 4.52 Å². The lowest BCUT2D eigenvalue weighted by Crippen LogP contribution is -2.43. The van der Waals surface area contributed by atoms with Gasteiger partial charge in [0.25, 0.3) is 0 Å². The zero-order valence-corrected chi connectivity index (χ0v) is 14.3. The van der Waals surface area contributed by atoms with Gasteiger partial charge in [0.1, 0.15) is 12.7 Å². The molecule has 1 saturated heterocycles. The van der Waals surface area contributed by atoms with Crippen LogP contribution in [0.2, 0.25) is 0 Å². The minimum absolute atomic E-state index is 0.0822. The van der Waals surface area contributed by atoms with Crippen LogP contribution in [0.15, 0.2) is 47.5 Å². The van der Waals surface area contributed by atoms with Gasteiger partial charge in [-0.1, -0.05) is 41.9 Å². The van der Waals surface area contributed by atoms with Crippen molar-refractivity contribution in [3.8, 4) is 11.4 Å². The van der Waals surface area contributed by atoms with Crippen molar-refractivity contribution in [1.82, 2.24) is 29.8 Å². The zero-order valence-electron chi connectivity index (χ0n) is 14.3. The third-order valence-corrected chi connectivity index (χ3v) is 4.87. The molecule has 0 bridgehead atoms. The molecule has 3 heterocycles. The van der Waals surface area contributed by atoms with Gasteiger partial charge in [-0.25, -0.2) is 4.98 Å². The molecule has 0 unspecified atom stereocenters. The van der Waals surface area contributed by atoms with E-state index in [2.05, 4.69) is 32.0 Å². The molecule has 25 heavy (non-hydrogen) atoms. The van der Waals surface area contributed by atoms with E-state index in [1.807, 2.05) is 35.0 Å². The molecule has 1 fully saturated rings. The highest BCUT2D eigenvalue weighted by Gasteiger charge is 2.30. The lowest BCUT2D eigenvalue weighted by Gasteiger charge is -2.38. The Kier molecular flexibility index (Phi) is 4.56. The second kappa shape index (κ2) is 7.14. The highest BCUT2D eigenvalue weighted by Crippen LogP contribution is 2.29. The first-order chi connectivity index (χ1) is 12.3. The van der Waals surface area contributed by atoms with E-state index >= 15 is 0 Å². The molecule has 3 aromatic rings. The summed E-state index contributed by atoms with van der Waals surface area (Å²) in [5.74, 6) is 1.32. The van der Waals surface area contributed by atoms with E-state index in [0.717, 1.165) is 25.1 Å². The maximum Gasteiger partial charge on any atom is 0.244 e. The van der Waals surface area contributed by atoms with Gasteiger partial charge < -0.3 is 4.52 Å². The van der Waals surface area contributed by atoms with E-state index in [4.69, 9.17) is 4.52 Å². The molecule has 1 aliphatic rings. The van der Waals surface area contributed by atoms with Gasteiger partial charge in [0.05, 0.1) is 12.6 Å². The number of hydrogen-bond donors (Lipinski definition) is 0. The molecule has 2 aromatic heterocycles. The molecule has 0 amide bonds. The van der Waals surface area contributed by atoms with Crippen molar-refractivity contribution >= 4 is 0 Å². The Balaban J connectivity index is 1.52. The molecule has 7 nitrogen and oxygen atoms in total. The lowest BCUT2D eigenvalue weighted by atomic mass is 10.00. The average molecular weight is 338 g/mol. The van der Waals surface area contributed by atoms with Gasteiger partial charge in [-0.05, 0) is 26.3 Å². The molecule has 0 radical (unpaired) electrons. The molecule has 0 aliphatic carbocycles. The predicted molar refractivity (Wildman–Crippen MR) is 92.5 cm³/mol. The molecule has 4 rings (SSSR count). The fourth-order valence-corrected chi connectivity index (χ4v) is 3.52. The van der Waals surface area contributed by atoms with Crippen molar-refractivity contribution in [2.24, 2.45) is 0 Å². The van der Waals surface area contributed by atoms with Gasteiger partial charge in [-0.2, -0.15) is 10.1 Å². The first-order valence-corrected chi connectivity index (χ1v) is 8.78. The second-order valence-corrected chi connectivity index (χ2v) is 6.50. The molecular formula is C18H22N6O. The SMILES string of the molecule is C[C@H](c1nc(-c2ccccc2)no1)N1CCCC[C@H]1Cn1cncn1. The van der Waals surface area contributed by atoms with Crippen molar-refractivity contribution in [3.05, 3.63) is 48.9 Å². The van der Waals surface area contributed by atoms with Gasteiger partial charge in [-0.3, -0.25) is 9.58 Å². The zero-order chi connectivity index (χ0) is 17.1. The minimum Gasteiger partial charge on any atom is -0.337 e. The van der Waals surface area contributed by atoms with Gasteiger partial charge in [0, 0.05) is 11.6 Å². The standard InChI is InChI=1S/C18H22N6O/c1-14(18-21-17(22-25-18)15-7-3-2-4-8-15)24-10-6-5-9-16(24)11-23-13-19-12-20-23/h2-4,7-8,12-14,16H,5-6,9-11H2,1H3/t14-,16+/m1/s1. The van der Waals surface area contributed by atoms with Crippen LogP contribution >= 0.6 is 0 Å². The van der Waals surface area contributed by atoms with Crippen LogP contribution in [-0.2, 0) is 6.54 Å². The second-order valence-electron chi connectivity index (χ2n) is 6.50. The molecule has 1 aliphatic heterocycles. The summed E-state index contributed by atoms with van der Waals surface area (Å²) in [5, 5.41) is 8.41. The van der Waals surface area contributed by atoms with Gasteiger partial charge >= 0.3 is 0 Å². The fourth-order valence-electron chi connectivity index (χ4n) is 3.52. The Labute approximate surface area is 146 Å². The largest absolute Gasteiger partial charge is 0.337 e.